The van der Waals surface area contributed by atoms with Crippen molar-refractivity contribution in [2.75, 3.05) is 25.0 Å². The molecule has 1 saturated heterocycles. The minimum Gasteiger partial charge on any atom is -0.352 e. The molecule has 18 heavy (non-hydrogen) atoms. The summed E-state index contributed by atoms with van der Waals surface area (Å²) in [6, 6.07) is 0.574. The van der Waals surface area contributed by atoms with E-state index in [1.165, 1.54) is 25.9 Å². The number of likely N-dealkylation sites (tertiary alicyclic amines) is 1. The Bertz CT molecular complexity index is 390. The van der Waals surface area contributed by atoms with Crippen LogP contribution in [0, 0.1) is 6.92 Å². The standard InChI is InChI=1S/C14H24N4/c1-4-7-15-14-16-12(2)10-18(14)11-13(3)17-8-5-6-9-17/h4,10,13H,1,5-9,11H2,2-3H3,(H,15,16). The molecule has 0 radical (unpaired) electrons. The average molecular weight is 248 g/mol. The van der Waals surface area contributed by atoms with Gasteiger partial charge in [-0.25, -0.2) is 4.98 Å². The maximum Gasteiger partial charge on any atom is 0.203 e. The lowest BCUT2D eigenvalue weighted by Crippen LogP contribution is -2.33. The maximum atomic E-state index is 4.51. The zero-order valence-electron chi connectivity index (χ0n) is 11.5. The van der Waals surface area contributed by atoms with Crippen LogP contribution < -0.4 is 5.32 Å². The van der Waals surface area contributed by atoms with E-state index in [4.69, 9.17) is 0 Å². The van der Waals surface area contributed by atoms with Crippen molar-refractivity contribution in [1.29, 1.82) is 0 Å². The van der Waals surface area contributed by atoms with E-state index in [2.05, 4.69) is 39.5 Å². The van der Waals surface area contributed by atoms with Gasteiger partial charge in [0.2, 0.25) is 5.95 Å². The van der Waals surface area contributed by atoms with Gasteiger partial charge in [0.25, 0.3) is 0 Å². The van der Waals surface area contributed by atoms with Gasteiger partial charge >= 0.3 is 0 Å². The molecule has 4 heteroatoms. The van der Waals surface area contributed by atoms with Gasteiger partial charge in [0, 0.05) is 25.3 Å². The molecular weight excluding hydrogens is 224 g/mol. The molecule has 1 unspecified atom stereocenters. The third-order valence-corrected chi connectivity index (χ3v) is 3.53. The summed E-state index contributed by atoms with van der Waals surface area (Å²) in [5, 5.41) is 3.29. The molecule has 1 aliphatic rings. The molecule has 1 aromatic rings. The molecule has 2 rings (SSSR count). The van der Waals surface area contributed by atoms with E-state index in [9.17, 15) is 0 Å². The molecule has 0 bridgehead atoms. The van der Waals surface area contributed by atoms with Crippen molar-refractivity contribution < 1.29 is 0 Å². The number of aryl methyl sites for hydroxylation is 1. The van der Waals surface area contributed by atoms with Crippen LogP contribution in [0.3, 0.4) is 0 Å². The highest BCUT2D eigenvalue weighted by Gasteiger charge is 2.19. The number of imidazole rings is 1. The molecule has 1 aliphatic heterocycles. The molecule has 1 N–H and O–H groups in total. The van der Waals surface area contributed by atoms with E-state index in [1.807, 2.05) is 13.0 Å². The number of aromatic nitrogens is 2. The van der Waals surface area contributed by atoms with Crippen molar-refractivity contribution in [2.24, 2.45) is 0 Å². The monoisotopic (exact) mass is 248 g/mol. The summed E-state index contributed by atoms with van der Waals surface area (Å²) in [5.74, 6) is 0.957. The predicted molar refractivity (Wildman–Crippen MR) is 75.9 cm³/mol. The molecule has 1 fully saturated rings. The van der Waals surface area contributed by atoms with Crippen molar-refractivity contribution in [3.05, 3.63) is 24.5 Å². The third-order valence-electron chi connectivity index (χ3n) is 3.53. The molecule has 0 aromatic carbocycles. The van der Waals surface area contributed by atoms with E-state index in [0.29, 0.717) is 6.04 Å². The largest absolute Gasteiger partial charge is 0.352 e. The normalized spacial score (nSPS) is 17.9. The Balaban J connectivity index is 2.00. The van der Waals surface area contributed by atoms with Crippen LogP contribution in [0.1, 0.15) is 25.5 Å². The highest BCUT2D eigenvalue weighted by atomic mass is 15.2. The van der Waals surface area contributed by atoms with Crippen LogP contribution in [-0.4, -0.2) is 40.1 Å². The van der Waals surface area contributed by atoms with Crippen molar-refractivity contribution in [1.82, 2.24) is 14.5 Å². The number of nitrogens with one attached hydrogen (secondary N) is 1. The number of anilines is 1. The topological polar surface area (TPSA) is 33.1 Å². The van der Waals surface area contributed by atoms with Gasteiger partial charge in [-0.2, -0.15) is 0 Å². The molecule has 0 saturated carbocycles. The lowest BCUT2D eigenvalue weighted by Gasteiger charge is -2.24. The highest BCUT2D eigenvalue weighted by Crippen LogP contribution is 2.15. The zero-order valence-corrected chi connectivity index (χ0v) is 11.5. The van der Waals surface area contributed by atoms with Gasteiger partial charge in [-0.3, -0.25) is 4.90 Å². The second-order valence-electron chi connectivity index (χ2n) is 5.12. The quantitative estimate of drug-likeness (QED) is 0.784. The second-order valence-corrected chi connectivity index (χ2v) is 5.12. The summed E-state index contributed by atoms with van der Waals surface area (Å²) in [4.78, 5) is 7.08. The summed E-state index contributed by atoms with van der Waals surface area (Å²) in [7, 11) is 0. The van der Waals surface area contributed by atoms with E-state index in [0.717, 1.165) is 24.7 Å². The van der Waals surface area contributed by atoms with Gasteiger partial charge in [0.1, 0.15) is 0 Å². The van der Waals surface area contributed by atoms with Crippen LogP contribution in [0.4, 0.5) is 5.95 Å². The fourth-order valence-corrected chi connectivity index (χ4v) is 2.57. The predicted octanol–water partition coefficient (Wildman–Crippen LogP) is 2.27. The number of hydrogen-bond donors (Lipinski definition) is 1. The number of rotatable bonds is 6. The van der Waals surface area contributed by atoms with Crippen LogP contribution >= 0.6 is 0 Å². The molecule has 0 amide bonds. The summed E-state index contributed by atoms with van der Waals surface area (Å²) in [6.45, 7) is 12.3. The van der Waals surface area contributed by atoms with Gasteiger partial charge in [-0.1, -0.05) is 6.08 Å². The van der Waals surface area contributed by atoms with Gasteiger partial charge in [0.05, 0.1) is 5.69 Å². The van der Waals surface area contributed by atoms with Crippen LogP contribution in [0.2, 0.25) is 0 Å². The first kappa shape index (κ1) is 13.1. The summed E-state index contributed by atoms with van der Waals surface area (Å²) < 4.78 is 2.22. The summed E-state index contributed by atoms with van der Waals surface area (Å²) in [6.07, 6.45) is 6.67. The molecule has 2 heterocycles. The highest BCUT2D eigenvalue weighted by molar-refractivity contribution is 5.29. The first-order valence-corrected chi connectivity index (χ1v) is 6.83. The zero-order chi connectivity index (χ0) is 13.0. The molecule has 0 spiro atoms. The molecule has 0 aliphatic carbocycles. The number of hydrogen-bond acceptors (Lipinski definition) is 3. The van der Waals surface area contributed by atoms with E-state index in [-0.39, 0.29) is 0 Å². The summed E-state index contributed by atoms with van der Waals surface area (Å²) in [5.41, 5.74) is 1.06. The number of nitrogens with zero attached hydrogens (tertiary/aromatic N) is 3. The molecular formula is C14H24N4. The van der Waals surface area contributed by atoms with Crippen molar-refractivity contribution in [2.45, 2.75) is 39.3 Å². The maximum absolute atomic E-state index is 4.51. The first-order chi connectivity index (χ1) is 8.70. The fraction of sp³-hybridized carbons (Fsp3) is 0.643. The lowest BCUT2D eigenvalue weighted by molar-refractivity contribution is 0.236. The Morgan fingerprint density at radius 2 is 2.22 bits per heavy atom. The van der Waals surface area contributed by atoms with Gasteiger partial charge in [-0.05, 0) is 39.8 Å². The SMILES string of the molecule is C=CCNc1nc(C)cn1CC(C)N1CCCC1. The van der Waals surface area contributed by atoms with Crippen molar-refractivity contribution >= 4 is 5.95 Å². The van der Waals surface area contributed by atoms with E-state index in [1.54, 1.807) is 0 Å². The third kappa shape index (κ3) is 3.13. The second kappa shape index (κ2) is 6.05. The molecule has 1 atom stereocenters. The van der Waals surface area contributed by atoms with Crippen molar-refractivity contribution in [3.8, 4) is 0 Å². The fourth-order valence-electron chi connectivity index (χ4n) is 2.57. The molecule has 4 nitrogen and oxygen atoms in total. The summed E-state index contributed by atoms with van der Waals surface area (Å²) >= 11 is 0. The van der Waals surface area contributed by atoms with Gasteiger partial charge in [0.15, 0.2) is 0 Å². The van der Waals surface area contributed by atoms with E-state index < -0.39 is 0 Å². The van der Waals surface area contributed by atoms with Gasteiger partial charge < -0.3 is 9.88 Å². The van der Waals surface area contributed by atoms with Crippen LogP contribution in [0.15, 0.2) is 18.9 Å². The minimum atomic E-state index is 0.574. The Morgan fingerprint density at radius 3 is 2.89 bits per heavy atom. The minimum absolute atomic E-state index is 0.574. The molecule has 100 valence electrons. The lowest BCUT2D eigenvalue weighted by atomic mass is 10.3. The average Bonchev–Trinajstić information content (AvgIpc) is 2.96. The Kier molecular flexibility index (Phi) is 4.42. The smallest absolute Gasteiger partial charge is 0.203 e. The van der Waals surface area contributed by atoms with Crippen LogP contribution in [-0.2, 0) is 6.54 Å². The van der Waals surface area contributed by atoms with Crippen LogP contribution in [0.25, 0.3) is 0 Å². The van der Waals surface area contributed by atoms with E-state index >= 15 is 0 Å². The first-order valence-electron chi connectivity index (χ1n) is 6.83. The molecule has 1 aromatic heterocycles. The Morgan fingerprint density at radius 1 is 1.50 bits per heavy atom. The van der Waals surface area contributed by atoms with Crippen LogP contribution in [0.5, 0.6) is 0 Å². The Labute approximate surface area is 110 Å². The van der Waals surface area contributed by atoms with Gasteiger partial charge in [-0.15, -0.1) is 6.58 Å². The van der Waals surface area contributed by atoms with Crippen molar-refractivity contribution in [3.63, 3.8) is 0 Å². The Hall–Kier alpha value is -1.29.